The molecule has 2 rings (SSSR count). The highest BCUT2D eigenvalue weighted by atomic mass is 127. The maximum atomic E-state index is 10.9. The fraction of sp³-hybridized carbons (Fsp3) is 0.500. The minimum Gasteiger partial charge on any atom is -0.493 e. The van der Waals surface area contributed by atoms with Crippen LogP contribution in [0.25, 0.3) is 0 Å². The molecule has 0 spiro atoms. The summed E-state index contributed by atoms with van der Waals surface area (Å²) in [4.78, 5) is 4.62. The lowest BCUT2D eigenvalue weighted by Gasteiger charge is -2.24. The number of methoxy groups -OCH3 is 1. The van der Waals surface area contributed by atoms with Crippen molar-refractivity contribution >= 4 is 29.9 Å². The van der Waals surface area contributed by atoms with E-state index in [1.54, 1.807) is 14.0 Å². The monoisotopic (exact) mass is 531 g/mol. The van der Waals surface area contributed by atoms with Crippen molar-refractivity contribution in [2.75, 3.05) is 26.8 Å². The van der Waals surface area contributed by atoms with Crippen molar-refractivity contribution < 1.29 is 19.0 Å². The van der Waals surface area contributed by atoms with Gasteiger partial charge in [-0.3, -0.25) is 0 Å². The molecule has 0 saturated carbocycles. The lowest BCUT2D eigenvalue weighted by atomic mass is 9.96. The molecule has 7 nitrogen and oxygen atoms in total. The van der Waals surface area contributed by atoms with Crippen molar-refractivity contribution in [1.82, 2.24) is 10.6 Å². The fourth-order valence-electron chi connectivity index (χ4n) is 3.11. The SMILES string of the molecule is CCNC(=NCc1ccc(OCC)c(OC)c1)NCC(C)(O)c1cc(C)oc1C.I. The number of hydrogen-bond donors (Lipinski definition) is 3. The van der Waals surface area contributed by atoms with E-state index in [2.05, 4.69) is 15.6 Å². The molecule has 8 heteroatoms. The zero-order valence-corrected chi connectivity index (χ0v) is 21.0. The van der Waals surface area contributed by atoms with Gasteiger partial charge in [0.2, 0.25) is 0 Å². The Morgan fingerprint density at radius 1 is 1.17 bits per heavy atom. The zero-order chi connectivity index (χ0) is 21.4. The molecular formula is C22H34IN3O4. The molecule has 0 fully saturated rings. The van der Waals surface area contributed by atoms with E-state index in [1.807, 2.05) is 52.0 Å². The van der Waals surface area contributed by atoms with Crippen LogP contribution in [0.5, 0.6) is 11.5 Å². The van der Waals surface area contributed by atoms with Crippen LogP contribution in [0.15, 0.2) is 33.7 Å². The van der Waals surface area contributed by atoms with Crippen molar-refractivity contribution in [3.05, 3.63) is 46.9 Å². The number of nitrogens with zero attached hydrogens (tertiary/aromatic N) is 1. The van der Waals surface area contributed by atoms with Crippen LogP contribution < -0.4 is 20.1 Å². The van der Waals surface area contributed by atoms with E-state index in [1.165, 1.54) is 0 Å². The molecule has 0 amide bonds. The fourth-order valence-corrected chi connectivity index (χ4v) is 3.11. The minimum atomic E-state index is -1.08. The number of nitrogens with one attached hydrogen (secondary N) is 2. The molecule has 1 aromatic heterocycles. The average Bonchev–Trinajstić information content (AvgIpc) is 3.04. The van der Waals surface area contributed by atoms with Gasteiger partial charge in [-0.2, -0.15) is 0 Å². The van der Waals surface area contributed by atoms with E-state index in [-0.39, 0.29) is 24.0 Å². The first-order valence-corrected chi connectivity index (χ1v) is 9.92. The molecule has 0 aliphatic heterocycles. The Morgan fingerprint density at radius 2 is 1.90 bits per heavy atom. The van der Waals surface area contributed by atoms with Gasteiger partial charge in [0.05, 0.1) is 26.8 Å². The summed E-state index contributed by atoms with van der Waals surface area (Å²) in [7, 11) is 1.62. The lowest BCUT2D eigenvalue weighted by molar-refractivity contribution is 0.0601. The van der Waals surface area contributed by atoms with Crippen molar-refractivity contribution in [2.45, 2.75) is 46.8 Å². The van der Waals surface area contributed by atoms with Gasteiger partial charge in [-0.1, -0.05) is 6.07 Å². The topological polar surface area (TPSA) is 88.3 Å². The Hall–Kier alpha value is -1.94. The number of guanidine groups is 1. The molecule has 30 heavy (non-hydrogen) atoms. The molecule has 2 aromatic rings. The van der Waals surface area contributed by atoms with Gasteiger partial charge in [-0.05, 0) is 58.4 Å². The molecule has 168 valence electrons. The molecule has 0 aliphatic carbocycles. The van der Waals surface area contributed by atoms with Crippen molar-refractivity contribution in [3.63, 3.8) is 0 Å². The highest BCUT2D eigenvalue weighted by Gasteiger charge is 2.27. The van der Waals surface area contributed by atoms with E-state index in [0.29, 0.717) is 38.0 Å². The van der Waals surface area contributed by atoms with Gasteiger partial charge in [0.15, 0.2) is 17.5 Å². The summed E-state index contributed by atoms with van der Waals surface area (Å²) in [6, 6.07) is 7.65. The Morgan fingerprint density at radius 3 is 2.47 bits per heavy atom. The number of furan rings is 1. The number of halogens is 1. The maximum absolute atomic E-state index is 10.9. The second kappa shape index (κ2) is 12.0. The summed E-state index contributed by atoms with van der Waals surface area (Å²) >= 11 is 0. The summed E-state index contributed by atoms with van der Waals surface area (Å²) in [6.45, 7) is 11.5. The third-order valence-electron chi connectivity index (χ3n) is 4.51. The van der Waals surface area contributed by atoms with Crippen molar-refractivity contribution in [3.8, 4) is 11.5 Å². The van der Waals surface area contributed by atoms with Gasteiger partial charge in [-0.25, -0.2) is 4.99 Å². The minimum absolute atomic E-state index is 0. The largest absolute Gasteiger partial charge is 0.493 e. The summed E-state index contributed by atoms with van der Waals surface area (Å²) in [6.07, 6.45) is 0. The number of aryl methyl sites for hydroxylation is 2. The van der Waals surface area contributed by atoms with Gasteiger partial charge in [-0.15, -0.1) is 24.0 Å². The van der Waals surface area contributed by atoms with E-state index >= 15 is 0 Å². The standard InChI is InChI=1S/C22H33N3O4.HI/c1-7-23-21(25-14-22(5,26)18-11-15(3)29-16(18)4)24-13-17-9-10-19(28-8-2)20(12-17)27-6;/h9-12,26H,7-8,13-14H2,1-6H3,(H2,23,24,25);1H. The number of hydrogen-bond acceptors (Lipinski definition) is 5. The van der Waals surface area contributed by atoms with Gasteiger partial charge in [0.1, 0.15) is 17.1 Å². The second-order valence-corrected chi connectivity index (χ2v) is 7.07. The Bertz CT molecular complexity index is 834. The first-order valence-electron chi connectivity index (χ1n) is 9.92. The Labute approximate surface area is 196 Å². The summed E-state index contributed by atoms with van der Waals surface area (Å²) < 4.78 is 16.5. The third-order valence-corrected chi connectivity index (χ3v) is 4.51. The van der Waals surface area contributed by atoms with Crippen LogP contribution in [0.2, 0.25) is 0 Å². The smallest absolute Gasteiger partial charge is 0.191 e. The van der Waals surface area contributed by atoms with Crippen LogP contribution in [0.3, 0.4) is 0 Å². The number of rotatable bonds is 9. The van der Waals surface area contributed by atoms with Gasteiger partial charge < -0.3 is 29.6 Å². The summed E-state index contributed by atoms with van der Waals surface area (Å²) in [5.41, 5.74) is 0.686. The average molecular weight is 531 g/mol. The van der Waals surface area contributed by atoms with Crippen LogP contribution in [-0.4, -0.2) is 37.9 Å². The Balaban J connectivity index is 0.00000450. The van der Waals surface area contributed by atoms with Crippen molar-refractivity contribution in [2.24, 2.45) is 4.99 Å². The predicted molar refractivity (Wildman–Crippen MR) is 130 cm³/mol. The van der Waals surface area contributed by atoms with Crippen LogP contribution in [0, 0.1) is 13.8 Å². The van der Waals surface area contributed by atoms with Crippen LogP contribution >= 0.6 is 24.0 Å². The Kier molecular flexibility index (Phi) is 10.5. The first kappa shape index (κ1) is 26.1. The van der Waals surface area contributed by atoms with E-state index < -0.39 is 5.60 Å². The van der Waals surface area contributed by atoms with E-state index in [9.17, 15) is 5.11 Å². The van der Waals surface area contributed by atoms with E-state index in [4.69, 9.17) is 13.9 Å². The highest BCUT2D eigenvalue weighted by molar-refractivity contribution is 14.0. The number of benzene rings is 1. The summed E-state index contributed by atoms with van der Waals surface area (Å²) in [5, 5.41) is 17.3. The number of ether oxygens (including phenoxy) is 2. The quantitative estimate of drug-likeness (QED) is 0.259. The first-order chi connectivity index (χ1) is 13.8. The number of aliphatic imine (C=N–C) groups is 1. The zero-order valence-electron chi connectivity index (χ0n) is 18.7. The van der Waals surface area contributed by atoms with Crippen LogP contribution in [-0.2, 0) is 12.1 Å². The van der Waals surface area contributed by atoms with E-state index in [0.717, 1.165) is 28.4 Å². The third kappa shape index (κ3) is 7.09. The maximum Gasteiger partial charge on any atom is 0.191 e. The molecule has 1 atom stereocenters. The van der Waals surface area contributed by atoms with Crippen LogP contribution in [0.1, 0.15) is 43.4 Å². The molecule has 3 N–H and O–H groups in total. The molecule has 0 bridgehead atoms. The van der Waals surface area contributed by atoms with Gasteiger partial charge in [0, 0.05) is 12.1 Å². The van der Waals surface area contributed by atoms with Crippen LogP contribution in [0.4, 0.5) is 0 Å². The molecule has 1 unspecified atom stereocenters. The summed E-state index contributed by atoms with van der Waals surface area (Å²) in [5.74, 6) is 3.53. The van der Waals surface area contributed by atoms with Crippen molar-refractivity contribution in [1.29, 1.82) is 0 Å². The molecule has 0 aliphatic rings. The number of aliphatic hydroxyl groups is 1. The highest BCUT2D eigenvalue weighted by Crippen LogP contribution is 2.28. The molecule has 1 heterocycles. The molecule has 0 saturated heterocycles. The molecule has 0 radical (unpaired) electrons. The predicted octanol–water partition coefficient (Wildman–Crippen LogP) is 3.88. The molecular weight excluding hydrogens is 497 g/mol. The second-order valence-electron chi connectivity index (χ2n) is 7.07. The molecule has 1 aromatic carbocycles. The van der Waals surface area contributed by atoms with Gasteiger partial charge in [0.25, 0.3) is 0 Å². The van der Waals surface area contributed by atoms with Gasteiger partial charge >= 0.3 is 0 Å². The lowest BCUT2D eigenvalue weighted by Crippen LogP contribution is -2.44. The normalized spacial score (nSPS) is 13.2.